The Kier molecular flexibility index (Phi) is 23.1. The van der Waals surface area contributed by atoms with Crippen molar-refractivity contribution >= 4 is 21.6 Å². The van der Waals surface area contributed by atoms with Crippen LogP contribution in [-0.2, 0) is 23.8 Å². The average Bonchev–Trinajstić information content (AvgIpc) is 3.91. The molecule has 1 aliphatic heterocycles. The number of benzene rings is 2. The highest BCUT2D eigenvalue weighted by atomic mass is 32.2. The van der Waals surface area contributed by atoms with Crippen LogP contribution in [0.25, 0.3) is 5.57 Å². The fourth-order valence-corrected chi connectivity index (χ4v) is 5.54. The molecule has 0 spiro atoms. The van der Waals surface area contributed by atoms with Gasteiger partial charge in [0.05, 0.1) is 30.7 Å². The Hall–Kier alpha value is -3.26. The second-order valence-corrected chi connectivity index (χ2v) is 18.7. The van der Waals surface area contributed by atoms with Gasteiger partial charge in [-0.1, -0.05) is 43.3 Å². The third-order valence-electron chi connectivity index (χ3n) is 7.24. The van der Waals surface area contributed by atoms with Crippen molar-refractivity contribution in [1.29, 1.82) is 0 Å². The van der Waals surface area contributed by atoms with Crippen molar-refractivity contribution < 1.29 is 41.8 Å². The summed E-state index contributed by atoms with van der Waals surface area (Å²) >= 11 is 0. The Bertz CT molecular complexity index is 1560. The maximum absolute atomic E-state index is 10.6. The molecular weight excluding hydrogens is 733 g/mol. The standard InChI is InChI=1S/C26H36O5.C7H13NO.C6H13N.C5H12O3S/c1-6-22(27)15-30-24-11-7-20(8-12-24)26(18(2)3)21-9-13-25(14-10-21)31-17-23(28)16-29-19(4)5;1-5-6(9)8-7(2,3)4;1-6(2,3)7-4-5-7;1-5(2,3)8-9(4,6)7/h7-14,19,22-23,27-28H,6,15-17H2,1-5H3;5H,1H2,2-4H3,(H,8,9);4-5H2,1-3H3;1-4H3. The van der Waals surface area contributed by atoms with Crippen LogP contribution >= 0.6 is 0 Å². The number of aliphatic hydroxyl groups excluding tert-OH is 2. The van der Waals surface area contributed by atoms with Gasteiger partial charge in [0.1, 0.15) is 30.8 Å². The van der Waals surface area contributed by atoms with Crippen molar-refractivity contribution in [2.24, 2.45) is 0 Å². The van der Waals surface area contributed by atoms with Crippen molar-refractivity contribution in [3.05, 3.63) is 77.9 Å². The highest BCUT2D eigenvalue weighted by molar-refractivity contribution is 7.86. The molecule has 3 N–H and O–H groups in total. The molecule has 0 aromatic heterocycles. The maximum atomic E-state index is 10.6. The molecule has 1 amide bonds. The molecule has 0 radical (unpaired) electrons. The third kappa shape index (κ3) is 27.4. The van der Waals surface area contributed by atoms with Gasteiger partial charge in [0.15, 0.2) is 0 Å². The molecule has 3 rings (SSSR count). The summed E-state index contributed by atoms with van der Waals surface area (Å²) in [5.41, 5.74) is 4.23. The Morgan fingerprint density at radius 2 is 1.25 bits per heavy atom. The molecule has 1 fully saturated rings. The van der Waals surface area contributed by atoms with Crippen molar-refractivity contribution in [3.63, 3.8) is 0 Å². The van der Waals surface area contributed by atoms with Crippen LogP contribution in [0.5, 0.6) is 11.5 Å². The highest BCUT2D eigenvalue weighted by Gasteiger charge is 2.29. The summed E-state index contributed by atoms with van der Waals surface area (Å²) in [5, 5.41) is 22.3. The van der Waals surface area contributed by atoms with Crippen LogP contribution in [-0.4, -0.2) is 104 Å². The van der Waals surface area contributed by atoms with Gasteiger partial charge in [0.2, 0.25) is 5.91 Å². The fourth-order valence-electron chi connectivity index (χ4n) is 4.63. The van der Waals surface area contributed by atoms with Crippen LogP contribution in [0, 0.1) is 0 Å². The van der Waals surface area contributed by atoms with Crippen LogP contribution in [0.4, 0.5) is 0 Å². The van der Waals surface area contributed by atoms with Gasteiger partial charge >= 0.3 is 0 Å². The van der Waals surface area contributed by atoms with E-state index in [1.807, 2.05) is 90.1 Å². The van der Waals surface area contributed by atoms with E-state index in [1.54, 1.807) is 20.8 Å². The summed E-state index contributed by atoms with van der Waals surface area (Å²) in [6, 6.07) is 15.8. The van der Waals surface area contributed by atoms with E-state index in [0.717, 1.165) is 28.7 Å². The molecule has 0 saturated carbocycles. The summed E-state index contributed by atoms with van der Waals surface area (Å²) < 4.78 is 42.2. The first kappa shape index (κ1) is 52.7. The number of ether oxygens (including phenoxy) is 3. The number of rotatable bonds is 14. The molecule has 2 aromatic rings. The van der Waals surface area contributed by atoms with Crippen LogP contribution in [0.3, 0.4) is 0 Å². The summed E-state index contributed by atoms with van der Waals surface area (Å²) in [6.45, 7) is 34.3. The largest absolute Gasteiger partial charge is 0.491 e. The highest BCUT2D eigenvalue weighted by Crippen LogP contribution is 2.30. The predicted octanol–water partition coefficient (Wildman–Crippen LogP) is 7.79. The molecule has 11 nitrogen and oxygen atoms in total. The SMILES string of the molecule is C=CC(=O)NC(C)(C)C.CC(C)(C)N1CC1.CC(C)(C)OS(C)(=O)=O.CCC(O)COc1ccc(C(=C(C)C)c2ccc(OCC(O)COC(C)C)cc2)cc1. The van der Waals surface area contributed by atoms with Gasteiger partial charge in [-0.2, -0.15) is 8.42 Å². The normalized spacial score (nSPS) is 14.0. The Morgan fingerprint density at radius 3 is 1.48 bits per heavy atom. The average molecular weight is 807 g/mol. The van der Waals surface area contributed by atoms with Crippen LogP contribution in [0.15, 0.2) is 66.8 Å². The quantitative estimate of drug-likeness (QED) is 0.0984. The topological polar surface area (TPSA) is 144 Å². The molecule has 320 valence electrons. The van der Waals surface area contributed by atoms with Crippen molar-refractivity contribution in [3.8, 4) is 11.5 Å². The second kappa shape index (κ2) is 24.5. The summed E-state index contributed by atoms with van der Waals surface area (Å²) in [4.78, 5) is 13.0. The lowest BCUT2D eigenvalue weighted by atomic mass is 9.94. The summed E-state index contributed by atoms with van der Waals surface area (Å²) in [5.74, 6) is 1.33. The molecule has 1 heterocycles. The molecular formula is C44H74N2O9S. The molecule has 2 unspecified atom stereocenters. The van der Waals surface area contributed by atoms with E-state index >= 15 is 0 Å². The van der Waals surface area contributed by atoms with Crippen LogP contribution in [0.1, 0.15) is 114 Å². The van der Waals surface area contributed by atoms with Crippen LogP contribution in [0.2, 0.25) is 0 Å². The van der Waals surface area contributed by atoms with E-state index in [-0.39, 0.29) is 30.8 Å². The van der Waals surface area contributed by atoms with E-state index in [0.29, 0.717) is 24.3 Å². The molecule has 12 heteroatoms. The molecule has 0 aliphatic carbocycles. The number of hydrogen-bond acceptors (Lipinski definition) is 10. The van der Waals surface area contributed by atoms with Gasteiger partial charge in [-0.15, -0.1) is 0 Å². The van der Waals surface area contributed by atoms with Gasteiger partial charge in [-0.25, -0.2) is 0 Å². The number of aliphatic hydroxyl groups is 2. The Labute approximate surface area is 339 Å². The third-order valence-corrected chi connectivity index (χ3v) is 8.05. The number of nitrogens with zero attached hydrogens (tertiary/aromatic N) is 1. The summed E-state index contributed by atoms with van der Waals surface area (Å²) in [7, 11) is -3.28. The van der Waals surface area contributed by atoms with Gasteiger partial charge in [-0.3, -0.25) is 13.9 Å². The number of hydrogen-bond donors (Lipinski definition) is 3. The van der Waals surface area contributed by atoms with Crippen molar-refractivity contribution in [2.75, 3.05) is 39.2 Å². The zero-order valence-electron chi connectivity index (χ0n) is 37.0. The minimum Gasteiger partial charge on any atom is -0.491 e. The molecule has 2 aromatic carbocycles. The zero-order chi connectivity index (χ0) is 43.5. The number of carbonyl (C=O) groups excluding carboxylic acids is 1. The van der Waals surface area contributed by atoms with Gasteiger partial charge in [0.25, 0.3) is 10.1 Å². The minimum absolute atomic E-state index is 0.0833. The minimum atomic E-state index is -3.28. The lowest BCUT2D eigenvalue weighted by Gasteiger charge is -2.18. The Balaban J connectivity index is 0.000000970. The second-order valence-electron chi connectivity index (χ2n) is 17.1. The smallest absolute Gasteiger partial charge is 0.264 e. The number of allylic oxidation sites excluding steroid dienone is 1. The maximum Gasteiger partial charge on any atom is 0.264 e. The first-order valence-electron chi connectivity index (χ1n) is 19.3. The molecule has 56 heavy (non-hydrogen) atoms. The molecule has 1 saturated heterocycles. The van der Waals surface area contributed by atoms with E-state index in [2.05, 4.69) is 55.6 Å². The van der Waals surface area contributed by atoms with Crippen molar-refractivity contribution in [2.45, 2.75) is 138 Å². The predicted molar refractivity (Wildman–Crippen MR) is 230 cm³/mol. The van der Waals surface area contributed by atoms with E-state index in [1.165, 1.54) is 24.7 Å². The van der Waals surface area contributed by atoms with Crippen molar-refractivity contribution in [1.82, 2.24) is 10.2 Å². The van der Waals surface area contributed by atoms with E-state index < -0.39 is 27.9 Å². The monoisotopic (exact) mass is 807 g/mol. The molecule has 0 bridgehead atoms. The van der Waals surface area contributed by atoms with Gasteiger partial charge in [-0.05, 0) is 143 Å². The van der Waals surface area contributed by atoms with E-state index in [9.17, 15) is 23.4 Å². The number of amides is 1. The van der Waals surface area contributed by atoms with Gasteiger partial charge in [0, 0.05) is 24.2 Å². The zero-order valence-corrected chi connectivity index (χ0v) is 37.8. The lowest BCUT2D eigenvalue weighted by Crippen LogP contribution is -2.39. The first-order chi connectivity index (χ1) is 25.6. The Morgan fingerprint density at radius 1 is 0.821 bits per heavy atom. The molecule has 1 aliphatic rings. The summed E-state index contributed by atoms with van der Waals surface area (Å²) in [6.07, 6.45) is 1.96. The van der Waals surface area contributed by atoms with Crippen LogP contribution < -0.4 is 14.8 Å². The number of carbonyl (C=O) groups is 1. The van der Waals surface area contributed by atoms with Gasteiger partial charge < -0.3 is 29.7 Å². The fraction of sp³-hybridized carbons (Fsp3) is 0.614. The molecule has 2 atom stereocenters. The number of nitrogens with one attached hydrogen (secondary N) is 1. The lowest BCUT2D eigenvalue weighted by molar-refractivity contribution is -0.117. The first-order valence-corrected chi connectivity index (χ1v) is 21.1. The van der Waals surface area contributed by atoms with E-state index in [4.69, 9.17) is 14.2 Å².